The highest BCUT2D eigenvalue weighted by molar-refractivity contribution is 6.19. The van der Waals surface area contributed by atoms with Gasteiger partial charge in [0.1, 0.15) is 0 Å². The van der Waals surface area contributed by atoms with E-state index in [1.54, 1.807) is 0 Å². The molecule has 270 valence electrons. The van der Waals surface area contributed by atoms with Crippen LogP contribution in [0.15, 0.2) is 194 Å². The van der Waals surface area contributed by atoms with E-state index in [0.717, 1.165) is 61.1 Å². The van der Waals surface area contributed by atoms with Crippen LogP contribution in [0.4, 0.5) is 0 Å². The first kappa shape index (κ1) is 33.2. The first-order valence-electron chi connectivity index (χ1n) is 19.3. The Morgan fingerprint density at radius 1 is 0.345 bits per heavy atom. The predicted molar refractivity (Wildman–Crippen MR) is 235 cm³/mol. The zero-order chi connectivity index (χ0) is 38.6. The SMILES string of the molecule is N#Cc1cc(-c2nc(-c3ccccc3)nc(-c3ccccc3)n2)ccc1-c1ccc2c3cc4c5ccccc5n(-c5ccccc5)c4cc3n(-c3ccccc3)c2c1. The second kappa shape index (κ2) is 13.6. The summed E-state index contributed by atoms with van der Waals surface area (Å²) in [6.45, 7) is 0. The lowest BCUT2D eigenvalue weighted by Gasteiger charge is -2.12. The Kier molecular flexibility index (Phi) is 7.76. The van der Waals surface area contributed by atoms with Crippen molar-refractivity contribution in [1.82, 2.24) is 24.1 Å². The number of nitrogens with zero attached hydrogens (tertiary/aromatic N) is 6. The van der Waals surface area contributed by atoms with Gasteiger partial charge < -0.3 is 9.13 Å². The van der Waals surface area contributed by atoms with Crippen LogP contribution in [0.3, 0.4) is 0 Å². The van der Waals surface area contributed by atoms with Crippen LogP contribution in [-0.2, 0) is 0 Å². The molecule has 0 atom stereocenters. The number of nitriles is 1. The zero-order valence-corrected chi connectivity index (χ0v) is 31.2. The van der Waals surface area contributed by atoms with Gasteiger partial charge in [-0.2, -0.15) is 5.26 Å². The first-order chi connectivity index (χ1) is 28.7. The molecule has 0 amide bonds. The number of aromatic nitrogens is 5. The molecule has 0 saturated heterocycles. The maximum absolute atomic E-state index is 10.7. The quantitative estimate of drug-likeness (QED) is 0.170. The van der Waals surface area contributed by atoms with Crippen LogP contribution in [0.2, 0.25) is 0 Å². The highest BCUT2D eigenvalue weighted by Crippen LogP contribution is 2.41. The first-order valence-corrected chi connectivity index (χ1v) is 19.3. The van der Waals surface area contributed by atoms with Gasteiger partial charge in [0.15, 0.2) is 17.5 Å². The molecule has 0 fully saturated rings. The van der Waals surface area contributed by atoms with Crippen molar-refractivity contribution in [2.24, 2.45) is 0 Å². The van der Waals surface area contributed by atoms with E-state index in [1.807, 2.05) is 84.9 Å². The summed E-state index contributed by atoms with van der Waals surface area (Å²) < 4.78 is 4.71. The average Bonchev–Trinajstić information content (AvgIpc) is 3.80. The molecule has 0 aliphatic rings. The molecule has 3 heterocycles. The van der Waals surface area contributed by atoms with Crippen molar-refractivity contribution >= 4 is 43.6 Å². The normalized spacial score (nSPS) is 11.4. The van der Waals surface area contributed by atoms with Gasteiger partial charge in [0, 0.05) is 49.6 Å². The molecule has 6 heteroatoms. The fraction of sp³-hybridized carbons (Fsp3) is 0. The average molecular weight is 741 g/mol. The Bertz CT molecular complexity index is 3320. The van der Waals surface area contributed by atoms with Crippen LogP contribution < -0.4 is 0 Å². The standard InChI is InChI=1S/C52H32N6/c53-33-38-29-37(52-55-50(34-15-5-1-6-16-34)54-51(56-52)35-17-7-2-8-18-35)26-27-41(38)36-25-28-43-45-31-44-42-23-13-14-24-46(42)57(39-19-9-3-10-20-39)48(44)32-49(45)58(47(43)30-36)40-21-11-4-12-22-40/h1-32H. The van der Waals surface area contributed by atoms with Crippen molar-refractivity contribution in [3.63, 3.8) is 0 Å². The number of fused-ring (bicyclic) bond motifs is 6. The van der Waals surface area contributed by atoms with Gasteiger partial charge in [-0.25, -0.2) is 15.0 Å². The van der Waals surface area contributed by atoms with Crippen molar-refractivity contribution in [3.8, 4) is 62.7 Å². The minimum absolute atomic E-state index is 0.509. The summed E-state index contributed by atoms with van der Waals surface area (Å²) in [5, 5.41) is 15.4. The van der Waals surface area contributed by atoms with Gasteiger partial charge >= 0.3 is 0 Å². The van der Waals surface area contributed by atoms with Crippen LogP contribution in [0.5, 0.6) is 0 Å². The van der Waals surface area contributed by atoms with Gasteiger partial charge in [-0.05, 0) is 65.7 Å². The van der Waals surface area contributed by atoms with Crippen molar-refractivity contribution in [2.45, 2.75) is 0 Å². The van der Waals surface area contributed by atoms with E-state index in [0.29, 0.717) is 23.0 Å². The van der Waals surface area contributed by atoms with Gasteiger partial charge in [0.2, 0.25) is 0 Å². The van der Waals surface area contributed by atoms with Crippen molar-refractivity contribution in [1.29, 1.82) is 5.26 Å². The largest absolute Gasteiger partial charge is 0.309 e. The van der Waals surface area contributed by atoms with E-state index in [1.165, 1.54) is 21.7 Å². The summed E-state index contributed by atoms with van der Waals surface area (Å²) in [6.07, 6.45) is 0. The molecule has 0 unspecified atom stereocenters. The molecule has 0 saturated carbocycles. The second-order valence-electron chi connectivity index (χ2n) is 14.4. The Balaban J connectivity index is 1.10. The van der Waals surface area contributed by atoms with Crippen molar-refractivity contribution < 1.29 is 0 Å². The molecule has 0 radical (unpaired) electrons. The highest BCUT2D eigenvalue weighted by atomic mass is 15.0. The van der Waals surface area contributed by atoms with E-state index in [9.17, 15) is 5.26 Å². The minimum Gasteiger partial charge on any atom is -0.309 e. The molecule has 0 aliphatic heterocycles. The lowest BCUT2D eigenvalue weighted by Crippen LogP contribution is -2.00. The lowest BCUT2D eigenvalue weighted by atomic mass is 9.96. The maximum atomic E-state index is 10.7. The van der Waals surface area contributed by atoms with Crippen molar-refractivity contribution in [2.75, 3.05) is 0 Å². The van der Waals surface area contributed by atoms with E-state index < -0.39 is 0 Å². The summed E-state index contributed by atoms with van der Waals surface area (Å²) in [5.41, 5.74) is 11.5. The Labute approximate surface area is 334 Å². The fourth-order valence-electron chi connectivity index (χ4n) is 8.32. The van der Waals surface area contributed by atoms with Gasteiger partial charge in [0.05, 0.1) is 33.7 Å². The van der Waals surface area contributed by atoms with Crippen LogP contribution in [-0.4, -0.2) is 24.1 Å². The van der Waals surface area contributed by atoms with E-state index in [-0.39, 0.29) is 0 Å². The van der Waals surface area contributed by atoms with Crippen LogP contribution >= 0.6 is 0 Å². The number of hydrogen-bond acceptors (Lipinski definition) is 4. The number of para-hydroxylation sites is 3. The predicted octanol–water partition coefficient (Wildman–Crippen LogP) is 12.6. The molecular formula is C52H32N6. The number of rotatable bonds is 6. The Morgan fingerprint density at radius 3 is 1.40 bits per heavy atom. The van der Waals surface area contributed by atoms with Gasteiger partial charge in [-0.3, -0.25) is 0 Å². The second-order valence-corrected chi connectivity index (χ2v) is 14.4. The maximum Gasteiger partial charge on any atom is 0.164 e. The molecule has 11 aromatic rings. The Morgan fingerprint density at radius 2 is 0.810 bits per heavy atom. The van der Waals surface area contributed by atoms with Gasteiger partial charge in [0.25, 0.3) is 0 Å². The lowest BCUT2D eigenvalue weighted by molar-refractivity contribution is 1.07. The van der Waals surface area contributed by atoms with E-state index in [2.05, 4.69) is 124 Å². The molecule has 3 aromatic heterocycles. The molecule has 11 rings (SSSR count). The fourth-order valence-corrected chi connectivity index (χ4v) is 8.32. The van der Waals surface area contributed by atoms with Gasteiger partial charge in [-0.1, -0.05) is 140 Å². The van der Waals surface area contributed by atoms with Crippen LogP contribution in [0, 0.1) is 11.3 Å². The summed E-state index contributed by atoms with van der Waals surface area (Å²) >= 11 is 0. The number of benzene rings is 8. The monoisotopic (exact) mass is 740 g/mol. The third-order valence-corrected chi connectivity index (χ3v) is 11.0. The molecule has 0 N–H and O–H groups in total. The number of hydrogen-bond donors (Lipinski definition) is 0. The Hall–Kier alpha value is -8.14. The van der Waals surface area contributed by atoms with E-state index in [4.69, 9.17) is 15.0 Å². The van der Waals surface area contributed by atoms with E-state index >= 15 is 0 Å². The molecule has 8 aromatic carbocycles. The molecule has 6 nitrogen and oxygen atoms in total. The molecule has 0 spiro atoms. The third-order valence-electron chi connectivity index (χ3n) is 11.0. The smallest absolute Gasteiger partial charge is 0.164 e. The summed E-state index contributed by atoms with van der Waals surface area (Å²) in [5.74, 6) is 1.66. The van der Waals surface area contributed by atoms with Crippen LogP contribution in [0.25, 0.3) is 100 Å². The summed E-state index contributed by atoms with van der Waals surface area (Å²) in [6, 6.07) is 69.2. The molecular weight excluding hydrogens is 709 g/mol. The zero-order valence-electron chi connectivity index (χ0n) is 31.2. The molecule has 0 aliphatic carbocycles. The third kappa shape index (κ3) is 5.45. The highest BCUT2D eigenvalue weighted by Gasteiger charge is 2.20. The summed E-state index contributed by atoms with van der Waals surface area (Å²) in [7, 11) is 0. The topological polar surface area (TPSA) is 72.3 Å². The van der Waals surface area contributed by atoms with Crippen LogP contribution in [0.1, 0.15) is 5.56 Å². The molecule has 58 heavy (non-hydrogen) atoms. The van der Waals surface area contributed by atoms with Crippen molar-refractivity contribution in [3.05, 3.63) is 200 Å². The minimum atomic E-state index is 0.509. The van der Waals surface area contributed by atoms with Gasteiger partial charge in [-0.15, -0.1) is 0 Å². The molecule has 0 bridgehead atoms. The summed E-state index contributed by atoms with van der Waals surface area (Å²) in [4.78, 5) is 14.7.